The third kappa shape index (κ3) is 7.91. The lowest BCUT2D eigenvalue weighted by molar-refractivity contribution is -0.479. The molecule has 0 aliphatic heterocycles. The summed E-state index contributed by atoms with van der Waals surface area (Å²) < 4.78 is 0. The Bertz CT molecular complexity index is 123. The maximum absolute atomic E-state index is 9.86. The van der Waals surface area contributed by atoms with Gasteiger partial charge in [-0.3, -0.25) is 10.1 Å². The Kier molecular flexibility index (Phi) is 3.89. The summed E-state index contributed by atoms with van der Waals surface area (Å²) in [6, 6.07) is 0.829. The van der Waals surface area contributed by atoms with Crippen LogP contribution in [0.5, 0.6) is 0 Å². The summed E-state index contributed by atoms with van der Waals surface area (Å²) in [5, 5.41) is 9.86. The van der Waals surface area contributed by atoms with Gasteiger partial charge < -0.3 is 0 Å². The van der Waals surface area contributed by atoms with E-state index in [1.54, 1.807) is 0 Å². The van der Waals surface area contributed by atoms with Crippen molar-refractivity contribution in [2.75, 3.05) is 6.54 Å². The summed E-state index contributed by atoms with van der Waals surface area (Å²) in [5.41, 5.74) is 0. The van der Waals surface area contributed by atoms with Crippen LogP contribution in [0.15, 0.2) is 0 Å². The molecule has 0 aliphatic rings. The zero-order valence-electron chi connectivity index (χ0n) is 6.26. The molecule has 10 heavy (non-hydrogen) atoms. The molecule has 0 N–H and O–H groups in total. The van der Waals surface area contributed by atoms with Gasteiger partial charge in [0.25, 0.3) is 0 Å². The highest BCUT2D eigenvalue weighted by atomic mass is 35.6. The zero-order chi connectivity index (χ0) is 8.20. The first kappa shape index (κ1) is 9.91. The molecule has 0 saturated heterocycles. The van der Waals surface area contributed by atoms with Crippen molar-refractivity contribution in [1.29, 1.82) is 0 Å². The molecule has 0 aromatic carbocycles. The van der Waals surface area contributed by atoms with Crippen LogP contribution in [0.25, 0.3) is 0 Å². The molecule has 0 atom stereocenters. The fourth-order valence-corrected chi connectivity index (χ4v) is 2.03. The Morgan fingerprint density at radius 3 is 2.40 bits per heavy atom. The van der Waals surface area contributed by atoms with E-state index in [-0.39, 0.29) is 11.5 Å². The first-order valence-corrected chi connectivity index (χ1v) is 7.44. The minimum absolute atomic E-state index is 0.0587. The first-order valence-electron chi connectivity index (χ1n) is 3.22. The average Bonchev–Trinajstić information content (AvgIpc) is 1.59. The van der Waals surface area contributed by atoms with E-state index < -0.39 is 7.38 Å². The van der Waals surface area contributed by atoms with E-state index in [1.807, 2.05) is 13.1 Å². The van der Waals surface area contributed by atoms with Crippen LogP contribution in [0.4, 0.5) is 0 Å². The highest BCUT2D eigenvalue weighted by molar-refractivity contribution is 7.19. The molecule has 0 radical (unpaired) electrons. The highest BCUT2D eigenvalue weighted by Gasteiger charge is 2.16. The third-order valence-corrected chi connectivity index (χ3v) is 3.22. The monoisotopic (exact) mass is 181 g/mol. The Labute approximate surface area is 66.2 Å². The van der Waals surface area contributed by atoms with Gasteiger partial charge in [0.1, 0.15) is 0 Å². The Morgan fingerprint density at radius 2 is 2.10 bits per heavy atom. The van der Waals surface area contributed by atoms with Crippen LogP contribution in [0, 0.1) is 10.1 Å². The third-order valence-electron chi connectivity index (χ3n) is 1.11. The summed E-state index contributed by atoms with van der Waals surface area (Å²) in [6.45, 7) is 4.05. The van der Waals surface area contributed by atoms with E-state index >= 15 is 0 Å². The van der Waals surface area contributed by atoms with Gasteiger partial charge in [-0.25, -0.2) is 0 Å². The van der Waals surface area contributed by atoms with Gasteiger partial charge in [0, 0.05) is 11.3 Å². The molecule has 3 nitrogen and oxygen atoms in total. The molecular formula is C5H12ClNO2Si. The minimum Gasteiger partial charge on any atom is -0.265 e. The van der Waals surface area contributed by atoms with Crippen LogP contribution in [0.2, 0.25) is 19.1 Å². The molecule has 0 fully saturated rings. The molecule has 0 aromatic rings. The maximum Gasteiger partial charge on any atom is 0.203 e. The van der Waals surface area contributed by atoms with Gasteiger partial charge in [-0.1, -0.05) is 13.1 Å². The maximum atomic E-state index is 9.86. The lowest BCUT2D eigenvalue weighted by Gasteiger charge is -2.09. The van der Waals surface area contributed by atoms with Crippen LogP contribution in [-0.2, 0) is 0 Å². The topological polar surface area (TPSA) is 43.1 Å². The van der Waals surface area contributed by atoms with Crippen LogP contribution < -0.4 is 0 Å². The number of nitro groups is 1. The molecular weight excluding hydrogens is 170 g/mol. The molecule has 60 valence electrons. The van der Waals surface area contributed by atoms with Gasteiger partial charge >= 0.3 is 0 Å². The van der Waals surface area contributed by atoms with Crippen molar-refractivity contribution >= 4 is 18.5 Å². The molecule has 0 saturated carbocycles. The molecule has 0 rings (SSSR count). The normalized spacial score (nSPS) is 11.5. The summed E-state index contributed by atoms with van der Waals surface area (Å²) >= 11 is 5.93. The van der Waals surface area contributed by atoms with Crippen molar-refractivity contribution in [3.63, 3.8) is 0 Å². The molecule has 0 unspecified atom stereocenters. The van der Waals surface area contributed by atoms with Crippen molar-refractivity contribution < 1.29 is 4.92 Å². The van der Waals surface area contributed by atoms with Crippen molar-refractivity contribution in [2.45, 2.75) is 25.6 Å². The SMILES string of the molecule is C[Si](C)(Cl)CCC[N+](=O)[O-]. The number of rotatable bonds is 4. The standard InChI is InChI=1S/C5H12ClNO2Si/c1-10(2,6)5-3-4-7(8)9/h3-5H2,1-2H3. The molecule has 0 amide bonds. The van der Waals surface area contributed by atoms with E-state index in [1.165, 1.54) is 0 Å². The average molecular weight is 182 g/mol. The Balaban J connectivity index is 3.29. The second-order valence-corrected chi connectivity index (χ2v) is 9.89. The largest absolute Gasteiger partial charge is 0.265 e. The van der Waals surface area contributed by atoms with E-state index in [4.69, 9.17) is 11.1 Å². The van der Waals surface area contributed by atoms with Crippen LogP contribution in [0.1, 0.15) is 6.42 Å². The van der Waals surface area contributed by atoms with Crippen LogP contribution in [-0.4, -0.2) is 18.9 Å². The van der Waals surface area contributed by atoms with E-state index in [0.717, 1.165) is 6.04 Å². The number of halogens is 1. The predicted octanol–water partition coefficient (Wildman–Crippen LogP) is 2.10. The van der Waals surface area contributed by atoms with Crippen molar-refractivity contribution in [3.8, 4) is 0 Å². The number of hydrogen-bond donors (Lipinski definition) is 0. The summed E-state index contributed by atoms with van der Waals surface area (Å²) in [4.78, 5) is 9.57. The van der Waals surface area contributed by atoms with Gasteiger partial charge in [0.2, 0.25) is 6.54 Å². The van der Waals surface area contributed by atoms with Crippen LogP contribution in [0.3, 0.4) is 0 Å². The quantitative estimate of drug-likeness (QED) is 0.289. The smallest absolute Gasteiger partial charge is 0.203 e. The zero-order valence-corrected chi connectivity index (χ0v) is 8.02. The Morgan fingerprint density at radius 1 is 1.60 bits per heavy atom. The predicted molar refractivity (Wildman–Crippen MR) is 44.6 cm³/mol. The summed E-state index contributed by atoms with van der Waals surface area (Å²) in [6.07, 6.45) is 0.621. The van der Waals surface area contributed by atoms with Crippen molar-refractivity contribution in [3.05, 3.63) is 10.1 Å². The molecule has 5 heteroatoms. The van der Waals surface area contributed by atoms with Gasteiger partial charge in [0.05, 0.1) is 0 Å². The molecule has 0 spiro atoms. The van der Waals surface area contributed by atoms with E-state index in [0.29, 0.717) is 6.42 Å². The van der Waals surface area contributed by atoms with Crippen LogP contribution >= 0.6 is 11.1 Å². The Hall–Kier alpha value is -0.0931. The summed E-state index contributed by atoms with van der Waals surface area (Å²) in [5.74, 6) is 0. The molecule has 0 aliphatic carbocycles. The number of hydrogen-bond acceptors (Lipinski definition) is 2. The van der Waals surface area contributed by atoms with E-state index in [2.05, 4.69) is 0 Å². The lowest BCUT2D eigenvalue weighted by atomic mass is 10.5. The number of nitrogens with zero attached hydrogens (tertiary/aromatic N) is 1. The second kappa shape index (κ2) is 3.93. The van der Waals surface area contributed by atoms with Crippen molar-refractivity contribution in [1.82, 2.24) is 0 Å². The molecule has 0 bridgehead atoms. The summed E-state index contributed by atoms with van der Waals surface area (Å²) in [7, 11) is -1.56. The first-order chi connectivity index (χ1) is 4.42. The fraction of sp³-hybridized carbons (Fsp3) is 1.00. The van der Waals surface area contributed by atoms with Gasteiger partial charge in [-0.15, -0.1) is 0 Å². The van der Waals surface area contributed by atoms with E-state index in [9.17, 15) is 10.1 Å². The second-order valence-electron chi connectivity index (χ2n) is 2.88. The highest BCUT2D eigenvalue weighted by Crippen LogP contribution is 2.15. The van der Waals surface area contributed by atoms with Gasteiger partial charge in [-0.05, 0) is 6.04 Å². The van der Waals surface area contributed by atoms with Gasteiger partial charge in [-0.2, -0.15) is 11.1 Å². The fourth-order valence-electron chi connectivity index (χ4n) is 0.629. The van der Waals surface area contributed by atoms with Crippen molar-refractivity contribution in [2.24, 2.45) is 0 Å². The molecule has 0 heterocycles. The lowest BCUT2D eigenvalue weighted by Crippen LogP contribution is -2.17. The van der Waals surface area contributed by atoms with Gasteiger partial charge in [0.15, 0.2) is 7.38 Å². The minimum atomic E-state index is -1.56. The molecule has 0 aromatic heterocycles.